The Hall–Kier alpha value is -1.55. The zero-order chi connectivity index (χ0) is 10.1. The van der Waals surface area contributed by atoms with Gasteiger partial charge in [0.2, 0.25) is 0 Å². The molecule has 1 aromatic rings. The number of hydrogen-bond donors (Lipinski definition) is 3. The fourth-order valence-corrected chi connectivity index (χ4v) is 1.66. The molecule has 0 fully saturated rings. The fourth-order valence-electron chi connectivity index (χ4n) is 1.66. The minimum absolute atomic E-state index is 0.0755. The van der Waals surface area contributed by atoms with Gasteiger partial charge in [-0.15, -0.1) is 0 Å². The maximum absolute atomic E-state index is 10.7. The lowest BCUT2D eigenvalue weighted by Crippen LogP contribution is -2.35. The highest BCUT2D eigenvalue weighted by molar-refractivity contribution is 5.88. The summed E-state index contributed by atoms with van der Waals surface area (Å²) in [6.07, 6.45) is 0.740. The van der Waals surface area contributed by atoms with Crippen LogP contribution in [-0.2, 0) is 6.42 Å². The van der Waals surface area contributed by atoms with E-state index in [2.05, 4.69) is 5.32 Å². The number of carboxylic acid groups (broad SMARTS) is 1. The van der Waals surface area contributed by atoms with Gasteiger partial charge < -0.3 is 16.2 Å². The number of rotatable bonds is 1. The molecule has 1 aliphatic rings. The molecular weight excluding hydrogens is 180 g/mol. The molecule has 1 aromatic carbocycles. The second-order valence-electron chi connectivity index (χ2n) is 3.52. The first kappa shape index (κ1) is 9.02. The van der Waals surface area contributed by atoms with Gasteiger partial charge in [0.25, 0.3) is 0 Å². The molecule has 0 saturated heterocycles. The van der Waals surface area contributed by atoms with Crippen LogP contribution in [0.15, 0.2) is 18.2 Å². The van der Waals surface area contributed by atoms with Crippen molar-refractivity contribution in [2.75, 3.05) is 11.9 Å². The van der Waals surface area contributed by atoms with Gasteiger partial charge in [-0.25, -0.2) is 4.79 Å². The first-order valence-corrected chi connectivity index (χ1v) is 4.52. The van der Waals surface area contributed by atoms with E-state index in [1.807, 2.05) is 0 Å². The van der Waals surface area contributed by atoms with Crippen LogP contribution in [0, 0.1) is 0 Å². The molecule has 4 N–H and O–H groups in total. The van der Waals surface area contributed by atoms with E-state index in [1.165, 1.54) is 0 Å². The summed E-state index contributed by atoms with van der Waals surface area (Å²) < 4.78 is 0. The predicted molar refractivity (Wildman–Crippen MR) is 53.6 cm³/mol. The monoisotopic (exact) mass is 192 g/mol. The smallest absolute Gasteiger partial charge is 0.335 e. The second kappa shape index (κ2) is 3.31. The van der Waals surface area contributed by atoms with Crippen LogP contribution < -0.4 is 11.1 Å². The number of anilines is 1. The van der Waals surface area contributed by atoms with E-state index in [0.29, 0.717) is 5.56 Å². The van der Waals surface area contributed by atoms with Gasteiger partial charge in [-0.3, -0.25) is 0 Å². The topological polar surface area (TPSA) is 75.3 Å². The highest BCUT2D eigenvalue weighted by Crippen LogP contribution is 2.22. The summed E-state index contributed by atoms with van der Waals surface area (Å²) in [5.74, 6) is -0.896. The fraction of sp³-hybridized carbons (Fsp3) is 0.300. The number of aromatic carboxylic acids is 1. The summed E-state index contributed by atoms with van der Waals surface area (Å²) in [5, 5.41) is 12.0. The molecule has 1 unspecified atom stereocenters. The molecule has 0 aromatic heterocycles. The molecule has 0 radical (unpaired) electrons. The zero-order valence-electron chi connectivity index (χ0n) is 7.66. The van der Waals surface area contributed by atoms with Gasteiger partial charge in [0.05, 0.1) is 5.56 Å². The van der Waals surface area contributed by atoms with E-state index >= 15 is 0 Å². The summed E-state index contributed by atoms with van der Waals surface area (Å²) in [6.45, 7) is 0.749. The van der Waals surface area contributed by atoms with E-state index in [0.717, 1.165) is 24.2 Å². The third-order valence-corrected chi connectivity index (χ3v) is 2.39. The normalized spacial score (nSPS) is 19.6. The quantitative estimate of drug-likeness (QED) is 0.611. The van der Waals surface area contributed by atoms with Crippen molar-refractivity contribution in [1.82, 2.24) is 0 Å². The van der Waals surface area contributed by atoms with Gasteiger partial charge >= 0.3 is 5.97 Å². The van der Waals surface area contributed by atoms with Crippen LogP contribution in [0.2, 0.25) is 0 Å². The van der Waals surface area contributed by atoms with E-state index in [9.17, 15) is 4.79 Å². The summed E-state index contributed by atoms with van der Waals surface area (Å²) >= 11 is 0. The molecule has 2 rings (SSSR count). The van der Waals surface area contributed by atoms with Crippen molar-refractivity contribution in [2.24, 2.45) is 5.73 Å². The number of benzene rings is 1. The third kappa shape index (κ3) is 1.56. The Bertz CT molecular complexity index is 376. The lowest BCUT2D eigenvalue weighted by molar-refractivity contribution is 0.0697. The Balaban J connectivity index is 2.37. The molecule has 0 aliphatic carbocycles. The summed E-state index contributed by atoms with van der Waals surface area (Å²) in [4.78, 5) is 10.7. The molecule has 0 bridgehead atoms. The highest BCUT2D eigenvalue weighted by atomic mass is 16.4. The minimum atomic E-state index is -0.896. The van der Waals surface area contributed by atoms with Gasteiger partial charge in [0.15, 0.2) is 0 Å². The molecule has 4 nitrogen and oxygen atoms in total. The van der Waals surface area contributed by atoms with E-state index in [-0.39, 0.29) is 6.04 Å². The molecule has 0 saturated carbocycles. The third-order valence-electron chi connectivity index (χ3n) is 2.39. The molecule has 4 heteroatoms. The first-order valence-electron chi connectivity index (χ1n) is 4.52. The lowest BCUT2D eigenvalue weighted by atomic mass is 9.98. The Morgan fingerprint density at radius 1 is 1.57 bits per heavy atom. The number of carboxylic acids is 1. The van der Waals surface area contributed by atoms with Crippen LogP contribution in [0.5, 0.6) is 0 Å². The summed E-state index contributed by atoms with van der Waals surface area (Å²) in [7, 11) is 0. The SMILES string of the molecule is NC1CNc2ccc(C(=O)O)cc2C1. The summed E-state index contributed by atoms with van der Waals surface area (Å²) in [6, 6.07) is 5.16. The largest absolute Gasteiger partial charge is 0.478 e. The van der Waals surface area contributed by atoms with Crippen molar-refractivity contribution in [3.05, 3.63) is 29.3 Å². The maximum atomic E-state index is 10.7. The molecule has 1 heterocycles. The van der Waals surface area contributed by atoms with Crippen molar-refractivity contribution in [3.8, 4) is 0 Å². The number of fused-ring (bicyclic) bond motifs is 1. The van der Waals surface area contributed by atoms with E-state index in [4.69, 9.17) is 10.8 Å². The number of hydrogen-bond acceptors (Lipinski definition) is 3. The van der Waals surface area contributed by atoms with Crippen LogP contribution in [0.25, 0.3) is 0 Å². The Labute approximate surface area is 81.7 Å². The maximum Gasteiger partial charge on any atom is 0.335 e. The zero-order valence-corrected chi connectivity index (χ0v) is 7.66. The Morgan fingerprint density at radius 2 is 2.36 bits per heavy atom. The number of nitrogens with two attached hydrogens (primary N) is 1. The van der Waals surface area contributed by atoms with E-state index < -0.39 is 5.97 Å². The van der Waals surface area contributed by atoms with Gasteiger partial charge in [-0.05, 0) is 30.2 Å². The van der Waals surface area contributed by atoms with Crippen molar-refractivity contribution in [1.29, 1.82) is 0 Å². The first-order chi connectivity index (χ1) is 6.66. The van der Waals surface area contributed by atoms with E-state index in [1.54, 1.807) is 18.2 Å². The van der Waals surface area contributed by atoms with Crippen molar-refractivity contribution in [2.45, 2.75) is 12.5 Å². The van der Waals surface area contributed by atoms with Crippen molar-refractivity contribution in [3.63, 3.8) is 0 Å². The average Bonchev–Trinajstić information content (AvgIpc) is 2.16. The molecule has 14 heavy (non-hydrogen) atoms. The molecule has 0 amide bonds. The van der Waals surface area contributed by atoms with Gasteiger partial charge in [-0.2, -0.15) is 0 Å². The van der Waals surface area contributed by atoms with Crippen molar-refractivity contribution >= 4 is 11.7 Å². The molecule has 74 valence electrons. The van der Waals surface area contributed by atoms with Gasteiger partial charge in [0.1, 0.15) is 0 Å². The minimum Gasteiger partial charge on any atom is -0.478 e. The number of nitrogens with one attached hydrogen (secondary N) is 1. The summed E-state index contributed by atoms with van der Waals surface area (Å²) in [5.41, 5.74) is 8.07. The standard InChI is InChI=1S/C10H12N2O2/c11-8-4-7-3-6(10(13)14)1-2-9(7)12-5-8/h1-3,8,12H,4-5,11H2,(H,13,14). The second-order valence-corrected chi connectivity index (χ2v) is 3.52. The molecule has 1 aliphatic heterocycles. The predicted octanol–water partition coefficient (Wildman–Crippen LogP) is 0.680. The van der Waals surface area contributed by atoms with Crippen LogP contribution in [0.3, 0.4) is 0 Å². The average molecular weight is 192 g/mol. The van der Waals surface area contributed by atoms with Crippen molar-refractivity contribution < 1.29 is 9.90 Å². The van der Waals surface area contributed by atoms with Crippen LogP contribution in [0.1, 0.15) is 15.9 Å². The molecular formula is C10H12N2O2. The molecule has 0 spiro atoms. The highest BCUT2D eigenvalue weighted by Gasteiger charge is 2.16. The Kier molecular flexibility index (Phi) is 2.13. The van der Waals surface area contributed by atoms with Gasteiger partial charge in [0, 0.05) is 18.3 Å². The van der Waals surface area contributed by atoms with Crippen LogP contribution in [-0.4, -0.2) is 23.7 Å². The van der Waals surface area contributed by atoms with Gasteiger partial charge in [-0.1, -0.05) is 0 Å². The van der Waals surface area contributed by atoms with Crippen LogP contribution >= 0.6 is 0 Å². The number of carbonyl (C=O) groups is 1. The molecule has 1 atom stereocenters. The van der Waals surface area contributed by atoms with Crippen LogP contribution in [0.4, 0.5) is 5.69 Å². The lowest BCUT2D eigenvalue weighted by Gasteiger charge is -2.23. The Morgan fingerprint density at radius 3 is 3.07 bits per heavy atom.